The number of amides is 3. The number of nitrogens with one attached hydrogen (secondary N) is 4. The molecular weight excluding hydrogens is 449 g/mol. The van der Waals surface area contributed by atoms with Crippen LogP contribution in [0, 0.1) is 10.8 Å². The topological polar surface area (TPSA) is 218 Å². The molecule has 0 bridgehead atoms. The van der Waals surface area contributed by atoms with Crippen LogP contribution in [0.3, 0.4) is 0 Å². The molecule has 15 heteroatoms. The van der Waals surface area contributed by atoms with Gasteiger partial charge in [0.25, 0.3) is 5.96 Å². The Hall–Kier alpha value is -2.94. The van der Waals surface area contributed by atoms with E-state index in [-0.39, 0.29) is 43.1 Å². The molecule has 0 aliphatic carbocycles. The van der Waals surface area contributed by atoms with Crippen LogP contribution in [-0.2, 0) is 14.4 Å². The van der Waals surface area contributed by atoms with E-state index in [1.807, 2.05) is 19.3 Å². The highest BCUT2D eigenvalue weighted by Gasteiger charge is 2.29. The van der Waals surface area contributed by atoms with Gasteiger partial charge in [-0.05, 0) is 43.4 Å². The Morgan fingerprint density at radius 3 is 2.32 bits per heavy atom. The summed E-state index contributed by atoms with van der Waals surface area (Å²) in [7, 11) is -1.75. The fraction of sp³-hybridized carbons (Fsp3) is 0.789. The number of unbranched alkanes of at least 4 members (excludes halogenated alkanes) is 2. The smallest absolute Gasteiger partial charge is 0.426 e. The van der Waals surface area contributed by atoms with Crippen molar-refractivity contribution in [1.82, 2.24) is 21.4 Å². The fourth-order valence-corrected chi connectivity index (χ4v) is 3.06. The minimum Gasteiger partial charge on any atom is -0.426 e. The fourth-order valence-electron chi connectivity index (χ4n) is 3.06. The van der Waals surface area contributed by atoms with Crippen molar-refractivity contribution in [3.63, 3.8) is 0 Å². The first-order chi connectivity index (χ1) is 15.9. The lowest BCUT2D eigenvalue weighted by Crippen LogP contribution is -2.54. The highest BCUT2D eigenvalue weighted by atomic mass is 16.7. The molecule has 0 aromatic carbocycles. The number of hydrogen-bond acceptors (Lipinski definition) is 7. The maximum Gasteiger partial charge on any atom is 0.475 e. The maximum absolute atomic E-state index is 12.8. The Morgan fingerprint density at radius 2 is 1.76 bits per heavy atom. The zero-order chi connectivity index (χ0) is 26.1. The van der Waals surface area contributed by atoms with Gasteiger partial charge < -0.3 is 31.7 Å². The van der Waals surface area contributed by atoms with Crippen LogP contribution < -0.4 is 27.1 Å². The van der Waals surface area contributed by atoms with E-state index in [9.17, 15) is 29.3 Å². The van der Waals surface area contributed by atoms with E-state index in [0.29, 0.717) is 25.8 Å². The van der Waals surface area contributed by atoms with Crippen LogP contribution in [0.25, 0.3) is 0 Å². The van der Waals surface area contributed by atoms with Gasteiger partial charge in [-0.15, -0.1) is 0 Å². The van der Waals surface area contributed by atoms with Crippen LogP contribution >= 0.6 is 0 Å². The van der Waals surface area contributed by atoms with E-state index in [0.717, 1.165) is 12.8 Å². The number of carbonyl (C=O) groups is 3. The van der Waals surface area contributed by atoms with Crippen LogP contribution in [0.15, 0.2) is 4.99 Å². The molecule has 0 saturated carbocycles. The number of nitrogens with two attached hydrogens (primary N) is 1. The zero-order valence-corrected chi connectivity index (χ0v) is 20.1. The van der Waals surface area contributed by atoms with Crippen molar-refractivity contribution in [2.75, 3.05) is 13.1 Å². The third kappa shape index (κ3) is 16.7. The molecule has 0 aliphatic heterocycles. The summed E-state index contributed by atoms with van der Waals surface area (Å²) in [5.74, 6) is -2.13. The van der Waals surface area contributed by atoms with Gasteiger partial charge in [-0.1, -0.05) is 20.3 Å². The lowest BCUT2D eigenvalue weighted by molar-refractivity contribution is -0.822. The van der Waals surface area contributed by atoms with Gasteiger partial charge in [0.2, 0.25) is 17.7 Å². The Morgan fingerprint density at radius 1 is 1.09 bits per heavy atom. The number of aliphatic imine (C=N–C) groups is 1. The SMILES string of the molecule is CC(=O)NCCCCCC(=O)N[C@@H](CCCN=C(N)N[N+](=O)O)C(=O)N[C@@H](CC(C)C)B(O)O. The van der Waals surface area contributed by atoms with Gasteiger partial charge in [0, 0.05) is 26.4 Å². The van der Waals surface area contributed by atoms with E-state index in [4.69, 9.17) is 10.9 Å². The predicted octanol–water partition coefficient (Wildman–Crippen LogP) is -1.52. The summed E-state index contributed by atoms with van der Waals surface area (Å²) in [4.78, 5) is 50.3. The van der Waals surface area contributed by atoms with Gasteiger partial charge in [-0.3, -0.25) is 14.4 Å². The van der Waals surface area contributed by atoms with Crippen molar-refractivity contribution in [3.05, 3.63) is 4.91 Å². The van der Waals surface area contributed by atoms with Crippen LogP contribution in [0.5, 0.6) is 0 Å². The van der Waals surface area contributed by atoms with Crippen LogP contribution in [0.1, 0.15) is 65.7 Å². The van der Waals surface area contributed by atoms with Crippen LogP contribution in [-0.4, -0.2) is 76.2 Å². The first-order valence-electron chi connectivity index (χ1n) is 11.3. The van der Waals surface area contributed by atoms with E-state index < -0.39 is 30.0 Å². The van der Waals surface area contributed by atoms with Crippen molar-refractivity contribution in [2.24, 2.45) is 16.6 Å². The third-order valence-corrected chi connectivity index (χ3v) is 4.66. The van der Waals surface area contributed by atoms with Gasteiger partial charge in [-0.25, -0.2) is 10.2 Å². The highest BCUT2D eigenvalue weighted by molar-refractivity contribution is 6.43. The Kier molecular flexibility index (Phi) is 16.0. The lowest BCUT2D eigenvalue weighted by Gasteiger charge is -2.24. The average Bonchev–Trinajstić information content (AvgIpc) is 2.71. The summed E-state index contributed by atoms with van der Waals surface area (Å²) in [6.45, 7) is 5.81. The molecule has 14 nitrogen and oxygen atoms in total. The second kappa shape index (κ2) is 17.5. The summed E-state index contributed by atoms with van der Waals surface area (Å²) >= 11 is 0. The van der Waals surface area contributed by atoms with Crippen molar-refractivity contribution in [3.8, 4) is 0 Å². The monoisotopic (exact) mass is 488 g/mol. The number of guanidine groups is 1. The third-order valence-electron chi connectivity index (χ3n) is 4.66. The molecule has 0 rings (SSSR count). The second-order valence-electron chi connectivity index (χ2n) is 8.37. The van der Waals surface area contributed by atoms with Crippen molar-refractivity contribution >= 4 is 30.8 Å². The first kappa shape index (κ1) is 31.1. The molecule has 0 aromatic heterocycles. The molecule has 0 saturated heterocycles. The molecular formula is C19H39BN7O7+. The number of carbonyl (C=O) groups excluding carboxylic acids is 3. The number of hydrogen-bond donors (Lipinski definition) is 8. The van der Waals surface area contributed by atoms with Gasteiger partial charge in [-0.2, -0.15) is 0 Å². The molecule has 0 spiro atoms. The number of hydrazine groups is 1. The highest BCUT2D eigenvalue weighted by Crippen LogP contribution is 2.08. The molecule has 34 heavy (non-hydrogen) atoms. The molecule has 3 amide bonds. The average molecular weight is 488 g/mol. The Bertz CT molecular complexity index is 692. The van der Waals surface area contributed by atoms with E-state index in [2.05, 4.69) is 20.9 Å². The summed E-state index contributed by atoms with van der Waals surface area (Å²) in [6.07, 6.45) is 3.02. The minimum absolute atomic E-state index is 0.0922. The normalized spacial score (nSPS) is 13.1. The summed E-state index contributed by atoms with van der Waals surface area (Å²) < 4.78 is 0. The largest absolute Gasteiger partial charge is 0.475 e. The van der Waals surface area contributed by atoms with Gasteiger partial charge >= 0.3 is 12.2 Å². The number of nitrogens with zero attached hydrogens (tertiary/aromatic N) is 2. The quantitative estimate of drug-likeness (QED) is 0.0391. The van der Waals surface area contributed by atoms with Crippen LogP contribution in [0.2, 0.25) is 0 Å². The standard InChI is InChI=1S/C19H38BN7O7/c1-13(2)12-16(20(31)32)25-18(30)15(8-7-11-23-19(21)26-27(33)34)24-17(29)9-5-4-6-10-22-14(3)28/h13,15-16,31-32H,4-12H2,1-3H3,(H6-,21,22,23,24,25,26,28,29,30,33,34)/p+1/t15-,16-/m0/s1. The second-order valence-corrected chi connectivity index (χ2v) is 8.37. The first-order valence-corrected chi connectivity index (χ1v) is 11.3. The van der Waals surface area contributed by atoms with Crippen LogP contribution in [0.4, 0.5) is 0 Å². The van der Waals surface area contributed by atoms with E-state index >= 15 is 0 Å². The maximum atomic E-state index is 12.8. The molecule has 0 aliphatic rings. The number of rotatable bonds is 17. The van der Waals surface area contributed by atoms with Crippen molar-refractivity contribution in [2.45, 2.75) is 77.7 Å². The molecule has 0 radical (unpaired) electrons. The van der Waals surface area contributed by atoms with Crippen molar-refractivity contribution < 1.29 is 34.7 Å². The van der Waals surface area contributed by atoms with E-state index in [1.54, 1.807) is 0 Å². The Labute approximate surface area is 199 Å². The van der Waals surface area contributed by atoms with Gasteiger partial charge in [0.1, 0.15) is 10.9 Å². The molecule has 9 N–H and O–H groups in total. The minimum atomic E-state index is -1.75. The summed E-state index contributed by atoms with van der Waals surface area (Å²) in [5, 5.41) is 35.0. The summed E-state index contributed by atoms with van der Waals surface area (Å²) in [6, 6.07) is -0.946. The molecule has 0 unspecified atom stereocenters. The molecule has 2 atom stereocenters. The van der Waals surface area contributed by atoms with Crippen molar-refractivity contribution in [1.29, 1.82) is 0 Å². The molecule has 0 heterocycles. The molecule has 194 valence electrons. The Balaban J connectivity index is 4.90. The zero-order valence-electron chi connectivity index (χ0n) is 20.1. The molecule has 0 aromatic rings. The molecule has 0 fully saturated rings. The van der Waals surface area contributed by atoms with E-state index in [1.165, 1.54) is 6.92 Å². The predicted molar refractivity (Wildman–Crippen MR) is 125 cm³/mol. The summed E-state index contributed by atoms with van der Waals surface area (Å²) in [5.41, 5.74) is 7.21. The van der Waals surface area contributed by atoms with Gasteiger partial charge in [0.15, 0.2) is 0 Å². The van der Waals surface area contributed by atoms with Gasteiger partial charge in [0.05, 0.1) is 5.94 Å². The lowest BCUT2D eigenvalue weighted by atomic mass is 9.75.